The molecule has 2 aromatic carbocycles. The van der Waals surface area contributed by atoms with Crippen molar-refractivity contribution in [2.75, 3.05) is 0 Å². The number of nitrogens with zero attached hydrogens (tertiary/aromatic N) is 1. The van der Waals surface area contributed by atoms with Gasteiger partial charge in [-0.05, 0) is 24.6 Å². The molecule has 0 unspecified atom stereocenters. The van der Waals surface area contributed by atoms with Gasteiger partial charge in [-0.25, -0.2) is 4.99 Å². The van der Waals surface area contributed by atoms with Crippen LogP contribution < -0.4 is 5.32 Å². The van der Waals surface area contributed by atoms with Gasteiger partial charge in [0, 0.05) is 12.3 Å². The fraction of sp³-hybridized carbons (Fsp3) is 0.350. The van der Waals surface area contributed by atoms with Gasteiger partial charge in [-0.15, -0.1) is 0 Å². The molecule has 0 spiro atoms. The molecule has 0 radical (unpaired) electrons. The highest BCUT2D eigenvalue weighted by Crippen LogP contribution is 2.27. The van der Waals surface area contributed by atoms with Gasteiger partial charge in [0.1, 0.15) is 11.8 Å². The number of quaternary nitrogens is 1. The fourth-order valence-corrected chi connectivity index (χ4v) is 3.11. The Hall–Kier alpha value is -2.13. The topological polar surface area (TPSA) is 49.2 Å². The number of hydrogen-bond acceptors (Lipinski definition) is 2. The Morgan fingerprint density at radius 2 is 1.78 bits per heavy atom. The van der Waals surface area contributed by atoms with E-state index in [4.69, 9.17) is 4.99 Å². The standard InChI is InChI=1S/C20H24N2O/c1-13(2)20-21-17(15-10-8-14(3)9-11-15)12-18(22-20)16-6-4-5-7-19(16)23/h4-11,13,18,20,22-23H,12H2,1-3H3/p+1/t18-,20-/m0/s1. The lowest BCUT2D eigenvalue weighted by Crippen LogP contribution is -2.93. The van der Waals surface area contributed by atoms with Gasteiger partial charge in [0.05, 0.1) is 11.3 Å². The third-order valence-electron chi connectivity index (χ3n) is 4.55. The lowest BCUT2D eigenvalue weighted by atomic mass is 9.93. The number of aliphatic imine (C=N–C) groups is 1. The highest BCUT2D eigenvalue weighted by Gasteiger charge is 2.31. The second-order valence-corrected chi connectivity index (χ2v) is 6.74. The van der Waals surface area contributed by atoms with Crippen LogP contribution in [0, 0.1) is 12.8 Å². The molecule has 3 nitrogen and oxygen atoms in total. The maximum absolute atomic E-state index is 10.2. The second-order valence-electron chi connectivity index (χ2n) is 6.74. The average Bonchev–Trinajstić information content (AvgIpc) is 2.55. The number of phenols is 1. The van der Waals surface area contributed by atoms with Crippen LogP contribution in [0.15, 0.2) is 53.5 Å². The summed E-state index contributed by atoms with van der Waals surface area (Å²) in [6, 6.07) is 16.4. The first-order chi connectivity index (χ1) is 11.0. The van der Waals surface area contributed by atoms with E-state index in [1.807, 2.05) is 18.2 Å². The van der Waals surface area contributed by atoms with Crippen LogP contribution in [0.3, 0.4) is 0 Å². The molecule has 3 N–H and O–H groups in total. The van der Waals surface area contributed by atoms with E-state index < -0.39 is 0 Å². The van der Waals surface area contributed by atoms with E-state index in [1.165, 1.54) is 11.1 Å². The van der Waals surface area contributed by atoms with Crippen molar-refractivity contribution in [3.8, 4) is 5.75 Å². The number of rotatable bonds is 3. The predicted molar refractivity (Wildman–Crippen MR) is 93.7 cm³/mol. The van der Waals surface area contributed by atoms with Crippen molar-refractivity contribution in [1.82, 2.24) is 0 Å². The number of aromatic hydroxyl groups is 1. The van der Waals surface area contributed by atoms with Crippen LogP contribution in [0.5, 0.6) is 5.75 Å². The Kier molecular flexibility index (Phi) is 4.49. The monoisotopic (exact) mass is 309 g/mol. The molecule has 1 aliphatic heterocycles. The van der Waals surface area contributed by atoms with Crippen molar-refractivity contribution in [3.63, 3.8) is 0 Å². The third kappa shape index (κ3) is 3.45. The highest BCUT2D eigenvalue weighted by molar-refractivity contribution is 6.01. The van der Waals surface area contributed by atoms with E-state index in [9.17, 15) is 5.11 Å². The van der Waals surface area contributed by atoms with Gasteiger partial charge in [0.25, 0.3) is 0 Å². The first-order valence-corrected chi connectivity index (χ1v) is 8.31. The molecule has 2 aromatic rings. The van der Waals surface area contributed by atoms with Crippen LogP contribution >= 0.6 is 0 Å². The van der Waals surface area contributed by atoms with Gasteiger partial charge in [-0.3, -0.25) is 0 Å². The van der Waals surface area contributed by atoms with Gasteiger partial charge < -0.3 is 10.4 Å². The summed E-state index contributed by atoms with van der Waals surface area (Å²) in [7, 11) is 0. The molecule has 2 atom stereocenters. The molecule has 0 bridgehead atoms. The molecule has 3 heteroatoms. The van der Waals surface area contributed by atoms with Crippen LogP contribution in [-0.4, -0.2) is 17.0 Å². The minimum Gasteiger partial charge on any atom is -0.507 e. The minimum absolute atomic E-state index is 0.185. The molecule has 0 amide bonds. The van der Waals surface area contributed by atoms with E-state index in [2.05, 4.69) is 50.4 Å². The largest absolute Gasteiger partial charge is 0.507 e. The lowest BCUT2D eigenvalue weighted by molar-refractivity contribution is -0.733. The smallest absolute Gasteiger partial charge is 0.182 e. The molecular formula is C20H25N2O+. The molecule has 3 rings (SSSR count). The number of para-hydroxylation sites is 1. The molecule has 0 aliphatic carbocycles. The molecule has 120 valence electrons. The Labute approximate surface area is 138 Å². The minimum atomic E-state index is 0.185. The first-order valence-electron chi connectivity index (χ1n) is 8.31. The van der Waals surface area contributed by atoms with Crippen molar-refractivity contribution in [1.29, 1.82) is 0 Å². The number of nitrogens with two attached hydrogens (primary N) is 1. The summed E-state index contributed by atoms with van der Waals surface area (Å²) in [6.45, 7) is 6.50. The van der Waals surface area contributed by atoms with Gasteiger partial charge in [0.2, 0.25) is 0 Å². The normalized spacial score (nSPS) is 21.3. The first kappa shape index (κ1) is 15.8. The zero-order valence-corrected chi connectivity index (χ0v) is 14.0. The Bertz CT molecular complexity index is 704. The molecule has 23 heavy (non-hydrogen) atoms. The predicted octanol–water partition coefficient (Wildman–Crippen LogP) is 3.18. The van der Waals surface area contributed by atoms with E-state index in [-0.39, 0.29) is 12.2 Å². The van der Waals surface area contributed by atoms with Crippen molar-refractivity contribution in [2.45, 2.75) is 39.4 Å². The SMILES string of the molecule is Cc1ccc(C2=N[C@H](C(C)C)[NH2+][C@H](c3ccccc3O)C2)cc1. The van der Waals surface area contributed by atoms with E-state index in [0.717, 1.165) is 17.7 Å². The van der Waals surface area contributed by atoms with Crippen LogP contribution in [0.1, 0.15) is 43.0 Å². The maximum atomic E-state index is 10.2. The number of hydrogen-bond donors (Lipinski definition) is 2. The zero-order valence-electron chi connectivity index (χ0n) is 14.0. The highest BCUT2D eigenvalue weighted by atomic mass is 16.3. The summed E-state index contributed by atoms with van der Waals surface area (Å²) in [5, 5.41) is 12.5. The van der Waals surface area contributed by atoms with Crippen molar-refractivity contribution >= 4 is 5.71 Å². The van der Waals surface area contributed by atoms with Gasteiger partial charge >= 0.3 is 0 Å². The van der Waals surface area contributed by atoms with Crippen LogP contribution in [0.25, 0.3) is 0 Å². The van der Waals surface area contributed by atoms with Crippen LogP contribution in [0.4, 0.5) is 0 Å². The molecule has 0 aromatic heterocycles. The number of benzene rings is 2. The molecule has 0 saturated carbocycles. The maximum Gasteiger partial charge on any atom is 0.182 e. The fourth-order valence-electron chi connectivity index (χ4n) is 3.11. The quantitative estimate of drug-likeness (QED) is 0.899. The van der Waals surface area contributed by atoms with Crippen molar-refractivity contribution < 1.29 is 10.4 Å². The van der Waals surface area contributed by atoms with E-state index >= 15 is 0 Å². The number of aryl methyl sites for hydroxylation is 1. The van der Waals surface area contributed by atoms with Crippen LogP contribution in [0.2, 0.25) is 0 Å². The average molecular weight is 309 g/mol. The molecule has 1 aliphatic rings. The van der Waals surface area contributed by atoms with Gasteiger partial charge in [0.15, 0.2) is 6.17 Å². The van der Waals surface area contributed by atoms with Crippen LogP contribution in [-0.2, 0) is 0 Å². The van der Waals surface area contributed by atoms with E-state index in [0.29, 0.717) is 11.7 Å². The molecule has 0 saturated heterocycles. The third-order valence-corrected chi connectivity index (χ3v) is 4.55. The Morgan fingerprint density at radius 3 is 2.43 bits per heavy atom. The van der Waals surface area contributed by atoms with Crippen molar-refractivity contribution in [2.24, 2.45) is 10.9 Å². The summed E-state index contributed by atoms with van der Waals surface area (Å²) in [5.41, 5.74) is 4.58. The summed E-state index contributed by atoms with van der Waals surface area (Å²) >= 11 is 0. The second kappa shape index (κ2) is 6.55. The van der Waals surface area contributed by atoms with E-state index in [1.54, 1.807) is 6.07 Å². The molecular weight excluding hydrogens is 284 g/mol. The van der Waals surface area contributed by atoms with Gasteiger partial charge in [-0.1, -0.05) is 55.8 Å². The molecule has 0 fully saturated rings. The number of phenolic OH excluding ortho intramolecular Hbond substituents is 1. The molecule has 1 heterocycles. The summed E-state index contributed by atoms with van der Waals surface area (Å²) < 4.78 is 0. The lowest BCUT2D eigenvalue weighted by Gasteiger charge is -2.29. The Morgan fingerprint density at radius 1 is 1.09 bits per heavy atom. The summed E-state index contributed by atoms with van der Waals surface area (Å²) in [6.07, 6.45) is 1.02. The van der Waals surface area contributed by atoms with Gasteiger partial charge in [-0.2, -0.15) is 0 Å². The summed E-state index contributed by atoms with van der Waals surface area (Å²) in [5.74, 6) is 0.825. The summed E-state index contributed by atoms with van der Waals surface area (Å²) in [4.78, 5) is 4.97. The van der Waals surface area contributed by atoms with Crippen molar-refractivity contribution in [3.05, 3.63) is 65.2 Å². The zero-order chi connectivity index (χ0) is 16.4. The Balaban J connectivity index is 1.96.